The molecule has 92 valence electrons. The Balaban J connectivity index is 2.10. The Bertz CT molecular complexity index is 427. The minimum atomic E-state index is -0.477. The molecule has 0 atom stereocenters. The van der Waals surface area contributed by atoms with Crippen LogP contribution in [0, 0.1) is 0 Å². The van der Waals surface area contributed by atoms with Crippen LogP contribution in [0.2, 0.25) is 0 Å². The lowest BCUT2D eigenvalue weighted by Gasteiger charge is -2.26. The Morgan fingerprint density at radius 3 is 3.06 bits per heavy atom. The number of hydrazine groups is 1. The molecular weight excluding hydrogens is 222 g/mol. The van der Waals surface area contributed by atoms with E-state index in [0.717, 1.165) is 19.4 Å². The van der Waals surface area contributed by atoms with Gasteiger partial charge in [0.1, 0.15) is 0 Å². The minimum Gasteiger partial charge on any atom is -0.459 e. The van der Waals surface area contributed by atoms with Gasteiger partial charge in [0.25, 0.3) is 0 Å². The van der Waals surface area contributed by atoms with E-state index in [4.69, 9.17) is 10.3 Å². The highest BCUT2D eigenvalue weighted by molar-refractivity contribution is 5.92. The SMILES string of the molecule is NNC(=O)c1occc1CN1CCCCC1=O. The molecule has 2 amide bonds. The van der Waals surface area contributed by atoms with Gasteiger partial charge in [0, 0.05) is 25.1 Å². The summed E-state index contributed by atoms with van der Waals surface area (Å²) >= 11 is 0. The third kappa shape index (κ3) is 2.47. The van der Waals surface area contributed by atoms with Gasteiger partial charge in [-0.25, -0.2) is 5.84 Å². The summed E-state index contributed by atoms with van der Waals surface area (Å²) in [5.41, 5.74) is 2.70. The van der Waals surface area contributed by atoms with Crippen LogP contribution in [-0.4, -0.2) is 23.3 Å². The normalized spacial score (nSPS) is 16.1. The molecule has 3 N–H and O–H groups in total. The molecular formula is C11H15N3O3. The zero-order chi connectivity index (χ0) is 12.3. The van der Waals surface area contributed by atoms with Crippen molar-refractivity contribution in [2.75, 3.05) is 6.54 Å². The molecule has 2 rings (SSSR count). The van der Waals surface area contributed by atoms with E-state index in [0.29, 0.717) is 18.5 Å². The third-order valence-corrected chi connectivity index (χ3v) is 2.87. The largest absolute Gasteiger partial charge is 0.459 e. The van der Waals surface area contributed by atoms with E-state index in [-0.39, 0.29) is 11.7 Å². The van der Waals surface area contributed by atoms with E-state index < -0.39 is 5.91 Å². The molecule has 1 aromatic rings. The number of nitrogens with two attached hydrogens (primary N) is 1. The van der Waals surface area contributed by atoms with Crippen molar-refractivity contribution in [1.82, 2.24) is 10.3 Å². The predicted octanol–water partition coefficient (Wildman–Crippen LogP) is 0.396. The maximum atomic E-state index is 11.6. The van der Waals surface area contributed by atoms with Gasteiger partial charge in [-0.3, -0.25) is 15.0 Å². The summed E-state index contributed by atoms with van der Waals surface area (Å²) in [6.45, 7) is 1.13. The monoisotopic (exact) mass is 237 g/mol. The molecule has 0 aliphatic carbocycles. The number of furan rings is 1. The highest BCUT2D eigenvalue weighted by Crippen LogP contribution is 2.17. The van der Waals surface area contributed by atoms with E-state index >= 15 is 0 Å². The van der Waals surface area contributed by atoms with E-state index in [1.165, 1.54) is 6.26 Å². The maximum Gasteiger partial charge on any atom is 0.301 e. The van der Waals surface area contributed by atoms with Crippen molar-refractivity contribution in [2.24, 2.45) is 5.84 Å². The lowest BCUT2D eigenvalue weighted by Crippen LogP contribution is -2.36. The number of rotatable bonds is 3. The number of nitrogen functional groups attached to an aromatic ring is 1. The number of likely N-dealkylation sites (tertiary alicyclic amines) is 1. The Kier molecular flexibility index (Phi) is 3.43. The van der Waals surface area contributed by atoms with Crippen molar-refractivity contribution in [3.8, 4) is 0 Å². The number of carbonyl (C=O) groups is 2. The van der Waals surface area contributed by atoms with Crippen LogP contribution in [0.25, 0.3) is 0 Å². The fourth-order valence-electron chi connectivity index (χ4n) is 1.96. The first-order valence-corrected chi connectivity index (χ1v) is 5.57. The first kappa shape index (κ1) is 11.7. The smallest absolute Gasteiger partial charge is 0.301 e. The molecule has 1 aliphatic heterocycles. The highest BCUT2D eigenvalue weighted by Gasteiger charge is 2.22. The van der Waals surface area contributed by atoms with Gasteiger partial charge >= 0.3 is 5.91 Å². The summed E-state index contributed by atoms with van der Waals surface area (Å²) in [6, 6.07) is 1.69. The van der Waals surface area contributed by atoms with Crippen LogP contribution < -0.4 is 11.3 Å². The van der Waals surface area contributed by atoms with E-state index in [9.17, 15) is 9.59 Å². The molecule has 1 fully saturated rings. The lowest BCUT2D eigenvalue weighted by molar-refractivity contribution is -0.133. The number of piperidine rings is 1. The fourth-order valence-corrected chi connectivity index (χ4v) is 1.96. The molecule has 1 aliphatic rings. The Morgan fingerprint density at radius 2 is 2.35 bits per heavy atom. The molecule has 0 bridgehead atoms. The molecule has 2 heterocycles. The summed E-state index contributed by atoms with van der Waals surface area (Å²) in [7, 11) is 0. The quantitative estimate of drug-likeness (QED) is 0.452. The first-order valence-electron chi connectivity index (χ1n) is 5.57. The van der Waals surface area contributed by atoms with Crippen molar-refractivity contribution in [1.29, 1.82) is 0 Å². The van der Waals surface area contributed by atoms with Crippen LogP contribution >= 0.6 is 0 Å². The topological polar surface area (TPSA) is 88.6 Å². The average Bonchev–Trinajstić information content (AvgIpc) is 2.79. The molecule has 1 saturated heterocycles. The molecule has 6 heteroatoms. The second-order valence-electron chi connectivity index (χ2n) is 4.02. The lowest BCUT2D eigenvalue weighted by atomic mass is 10.1. The van der Waals surface area contributed by atoms with E-state index in [2.05, 4.69) is 0 Å². The molecule has 0 saturated carbocycles. The molecule has 0 unspecified atom stereocenters. The summed E-state index contributed by atoms with van der Waals surface area (Å²) in [5.74, 6) is 4.87. The first-order chi connectivity index (χ1) is 8.22. The minimum absolute atomic E-state index is 0.122. The number of nitrogens with one attached hydrogen (secondary N) is 1. The van der Waals surface area contributed by atoms with Gasteiger partial charge in [-0.15, -0.1) is 0 Å². The van der Waals surface area contributed by atoms with Gasteiger partial charge in [0.05, 0.1) is 6.26 Å². The Labute approximate surface area is 98.7 Å². The second kappa shape index (κ2) is 5.01. The number of carbonyl (C=O) groups excluding carboxylic acids is 2. The molecule has 0 aromatic carbocycles. The number of nitrogens with zero attached hydrogens (tertiary/aromatic N) is 1. The average molecular weight is 237 g/mol. The van der Waals surface area contributed by atoms with E-state index in [1.807, 2.05) is 5.43 Å². The van der Waals surface area contributed by atoms with Crippen LogP contribution in [0.1, 0.15) is 35.4 Å². The number of amides is 2. The molecule has 0 spiro atoms. The van der Waals surface area contributed by atoms with Crippen LogP contribution in [0.15, 0.2) is 16.7 Å². The molecule has 17 heavy (non-hydrogen) atoms. The van der Waals surface area contributed by atoms with Gasteiger partial charge in [0.2, 0.25) is 5.91 Å². The summed E-state index contributed by atoms with van der Waals surface area (Å²) in [5, 5.41) is 0. The number of hydrogen-bond donors (Lipinski definition) is 2. The van der Waals surface area contributed by atoms with Gasteiger partial charge in [0.15, 0.2) is 5.76 Å². The van der Waals surface area contributed by atoms with Crippen LogP contribution in [-0.2, 0) is 11.3 Å². The highest BCUT2D eigenvalue weighted by atomic mass is 16.3. The van der Waals surface area contributed by atoms with Crippen molar-refractivity contribution in [2.45, 2.75) is 25.8 Å². The van der Waals surface area contributed by atoms with Crippen molar-refractivity contribution in [3.63, 3.8) is 0 Å². The Hall–Kier alpha value is -1.82. The van der Waals surface area contributed by atoms with Crippen molar-refractivity contribution < 1.29 is 14.0 Å². The maximum absolute atomic E-state index is 11.6. The van der Waals surface area contributed by atoms with Gasteiger partial charge in [-0.1, -0.05) is 0 Å². The predicted molar refractivity (Wildman–Crippen MR) is 59.6 cm³/mol. The Morgan fingerprint density at radius 1 is 1.53 bits per heavy atom. The standard InChI is InChI=1S/C11H15N3O3/c12-13-11(16)10-8(4-6-17-10)7-14-5-2-1-3-9(14)15/h4,6H,1-3,5,7,12H2,(H,13,16). The zero-order valence-corrected chi connectivity index (χ0v) is 9.44. The molecule has 6 nitrogen and oxygen atoms in total. The summed E-state index contributed by atoms with van der Waals surface area (Å²) in [6.07, 6.45) is 3.95. The summed E-state index contributed by atoms with van der Waals surface area (Å²) in [4.78, 5) is 24.8. The van der Waals surface area contributed by atoms with Crippen molar-refractivity contribution in [3.05, 3.63) is 23.7 Å². The molecule has 0 radical (unpaired) electrons. The zero-order valence-electron chi connectivity index (χ0n) is 9.44. The van der Waals surface area contributed by atoms with Crippen LogP contribution in [0.3, 0.4) is 0 Å². The summed E-state index contributed by atoms with van der Waals surface area (Å²) < 4.78 is 5.06. The molecule has 1 aromatic heterocycles. The van der Waals surface area contributed by atoms with Crippen LogP contribution in [0.5, 0.6) is 0 Å². The van der Waals surface area contributed by atoms with Gasteiger partial charge in [-0.2, -0.15) is 0 Å². The third-order valence-electron chi connectivity index (χ3n) is 2.87. The second-order valence-corrected chi connectivity index (χ2v) is 4.02. The van der Waals surface area contributed by atoms with Crippen LogP contribution in [0.4, 0.5) is 0 Å². The van der Waals surface area contributed by atoms with Gasteiger partial charge in [-0.05, 0) is 18.9 Å². The van der Waals surface area contributed by atoms with Gasteiger partial charge < -0.3 is 9.32 Å². The fraction of sp³-hybridized carbons (Fsp3) is 0.455. The van der Waals surface area contributed by atoms with Crippen molar-refractivity contribution >= 4 is 11.8 Å². The number of hydrogen-bond acceptors (Lipinski definition) is 4. The van der Waals surface area contributed by atoms with E-state index in [1.54, 1.807) is 11.0 Å².